The molecular weight excluding hydrogens is 388 g/mol. The number of hydrogen-bond acceptors (Lipinski definition) is 4. The van der Waals surface area contributed by atoms with Gasteiger partial charge >= 0.3 is 0 Å². The van der Waals surface area contributed by atoms with Crippen molar-refractivity contribution >= 4 is 27.6 Å². The van der Waals surface area contributed by atoms with Crippen LogP contribution >= 0.6 is 11.6 Å². The summed E-state index contributed by atoms with van der Waals surface area (Å²) in [5.41, 5.74) is 0. The Morgan fingerprint density at radius 3 is 2.85 bits per heavy atom. The highest BCUT2D eigenvalue weighted by molar-refractivity contribution is 7.89. The van der Waals surface area contributed by atoms with E-state index in [1.807, 2.05) is 18.9 Å². The molecule has 1 saturated carbocycles. The summed E-state index contributed by atoms with van der Waals surface area (Å²) in [7, 11) is -1.65. The van der Waals surface area contributed by atoms with E-state index in [0.29, 0.717) is 18.2 Å². The molecular formula is C18H29ClN4O3S. The van der Waals surface area contributed by atoms with Crippen LogP contribution in [0.5, 0.6) is 0 Å². The first kappa shape index (κ1) is 21.9. The molecule has 27 heavy (non-hydrogen) atoms. The van der Waals surface area contributed by atoms with Gasteiger partial charge in [0.15, 0.2) is 5.96 Å². The molecule has 0 amide bonds. The lowest BCUT2D eigenvalue weighted by Gasteiger charge is -2.22. The lowest BCUT2D eigenvalue weighted by molar-refractivity contribution is 0.115. The van der Waals surface area contributed by atoms with E-state index < -0.39 is 10.0 Å². The Morgan fingerprint density at radius 2 is 2.19 bits per heavy atom. The van der Waals surface area contributed by atoms with Gasteiger partial charge in [-0.25, -0.2) is 13.1 Å². The highest BCUT2D eigenvalue weighted by Gasteiger charge is 2.21. The Kier molecular flexibility index (Phi) is 8.82. The van der Waals surface area contributed by atoms with E-state index in [1.54, 1.807) is 12.1 Å². The molecule has 9 heteroatoms. The Hall–Kier alpha value is -1.35. The van der Waals surface area contributed by atoms with E-state index in [2.05, 4.69) is 15.0 Å². The summed E-state index contributed by atoms with van der Waals surface area (Å²) in [5.74, 6) is 1.49. The van der Waals surface area contributed by atoms with E-state index in [9.17, 15) is 8.42 Å². The van der Waals surface area contributed by atoms with Crippen molar-refractivity contribution in [3.63, 3.8) is 0 Å². The van der Waals surface area contributed by atoms with Gasteiger partial charge in [0.25, 0.3) is 0 Å². The number of guanidine groups is 1. The maximum Gasteiger partial charge on any atom is 0.240 e. The third-order valence-electron chi connectivity index (χ3n) is 4.09. The van der Waals surface area contributed by atoms with Crippen LogP contribution in [-0.4, -0.2) is 65.7 Å². The molecule has 2 rings (SSSR count). The lowest BCUT2D eigenvalue weighted by Crippen LogP contribution is -2.41. The molecule has 7 nitrogen and oxygen atoms in total. The minimum Gasteiger partial charge on any atom is -0.379 e. The maximum absolute atomic E-state index is 12.3. The Morgan fingerprint density at radius 1 is 1.41 bits per heavy atom. The molecule has 0 spiro atoms. The first-order valence-electron chi connectivity index (χ1n) is 9.25. The van der Waals surface area contributed by atoms with Crippen LogP contribution in [0.4, 0.5) is 0 Å². The van der Waals surface area contributed by atoms with Crippen molar-refractivity contribution in [2.24, 2.45) is 10.9 Å². The number of nitrogens with one attached hydrogen (secondary N) is 2. The largest absolute Gasteiger partial charge is 0.379 e. The van der Waals surface area contributed by atoms with Crippen molar-refractivity contribution in [1.82, 2.24) is 14.9 Å². The molecule has 1 aliphatic rings. The van der Waals surface area contributed by atoms with E-state index >= 15 is 0 Å². The monoisotopic (exact) mass is 416 g/mol. The normalized spacial score (nSPS) is 15.0. The molecule has 1 fully saturated rings. The van der Waals surface area contributed by atoms with Crippen molar-refractivity contribution in [3.05, 3.63) is 29.3 Å². The summed E-state index contributed by atoms with van der Waals surface area (Å²) in [6, 6.07) is 6.18. The molecule has 0 aliphatic heterocycles. The average Bonchev–Trinajstić information content (AvgIpc) is 3.45. The standard InChI is InChI=1S/C18H29ClN4O3S/c1-3-20-18(23(2)11-12-26-14-15-7-8-15)21-9-10-22-27(24,25)17-6-4-5-16(19)13-17/h4-6,13,15,22H,3,7-12,14H2,1-2H3,(H,20,21). The highest BCUT2D eigenvalue weighted by atomic mass is 35.5. The van der Waals surface area contributed by atoms with Crippen LogP contribution in [0.15, 0.2) is 34.2 Å². The van der Waals surface area contributed by atoms with E-state index in [4.69, 9.17) is 16.3 Å². The molecule has 0 unspecified atom stereocenters. The third-order valence-corrected chi connectivity index (χ3v) is 5.78. The number of nitrogens with zero attached hydrogens (tertiary/aromatic N) is 2. The van der Waals surface area contributed by atoms with Gasteiger partial charge in [-0.15, -0.1) is 0 Å². The number of sulfonamides is 1. The predicted molar refractivity (Wildman–Crippen MR) is 109 cm³/mol. The summed E-state index contributed by atoms with van der Waals surface area (Å²) in [6.45, 7) is 5.48. The van der Waals surface area contributed by atoms with Crippen LogP contribution in [0.25, 0.3) is 0 Å². The summed E-state index contributed by atoms with van der Waals surface area (Å²) in [6.07, 6.45) is 2.57. The van der Waals surface area contributed by atoms with Crippen LogP contribution in [0, 0.1) is 5.92 Å². The summed E-state index contributed by atoms with van der Waals surface area (Å²) < 4.78 is 32.7. The quantitative estimate of drug-likeness (QED) is 0.327. The van der Waals surface area contributed by atoms with Crippen molar-refractivity contribution in [1.29, 1.82) is 0 Å². The molecule has 152 valence electrons. The Labute approximate surface area is 167 Å². The number of rotatable bonds is 11. The van der Waals surface area contributed by atoms with Gasteiger partial charge in [0.1, 0.15) is 0 Å². The molecule has 1 aromatic rings. The molecule has 0 atom stereocenters. The number of hydrogen-bond donors (Lipinski definition) is 2. The Bertz CT molecular complexity index is 723. The topological polar surface area (TPSA) is 83.0 Å². The third kappa shape index (κ3) is 8.04. The van der Waals surface area contributed by atoms with Crippen molar-refractivity contribution in [2.75, 3.05) is 46.4 Å². The predicted octanol–water partition coefficient (Wildman–Crippen LogP) is 1.94. The second-order valence-electron chi connectivity index (χ2n) is 6.53. The minimum absolute atomic E-state index is 0.149. The maximum atomic E-state index is 12.3. The highest BCUT2D eigenvalue weighted by Crippen LogP contribution is 2.28. The van der Waals surface area contributed by atoms with Crippen LogP contribution in [0.2, 0.25) is 5.02 Å². The SMILES string of the molecule is CCNC(=NCCNS(=O)(=O)c1cccc(Cl)c1)N(C)CCOCC1CC1. The molecule has 0 heterocycles. The fraction of sp³-hybridized carbons (Fsp3) is 0.611. The zero-order chi connectivity index (χ0) is 19.7. The van der Waals surface area contributed by atoms with E-state index in [1.165, 1.54) is 25.0 Å². The van der Waals surface area contributed by atoms with Crippen LogP contribution < -0.4 is 10.0 Å². The fourth-order valence-electron chi connectivity index (χ4n) is 2.37. The van der Waals surface area contributed by atoms with Crippen LogP contribution in [-0.2, 0) is 14.8 Å². The number of halogens is 1. The van der Waals surface area contributed by atoms with Crippen molar-refractivity contribution < 1.29 is 13.2 Å². The number of ether oxygens (including phenoxy) is 1. The second-order valence-corrected chi connectivity index (χ2v) is 8.73. The van der Waals surface area contributed by atoms with Gasteiger partial charge in [-0.2, -0.15) is 0 Å². The van der Waals surface area contributed by atoms with E-state index in [0.717, 1.165) is 31.6 Å². The first-order chi connectivity index (χ1) is 12.9. The molecule has 0 saturated heterocycles. The van der Waals surface area contributed by atoms with Gasteiger partial charge in [-0.1, -0.05) is 17.7 Å². The molecule has 1 aliphatic carbocycles. The van der Waals surface area contributed by atoms with Crippen molar-refractivity contribution in [2.45, 2.75) is 24.7 Å². The molecule has 0 bridgehead atoms. The minimum atomic E-state index is -3.59. The van der Waals surface area contributed by atoms with Gasteiger partial charge in [0.05, 0.1) is 18.0 Å². The first-order valence-corrected chi connectivity index (χ1v) is 11.1. The van der Waals surface area contributed by atoms with Crippen LogP contribution in [0.1, 0.15) is 19.8 Å². The number of benzene rings is 1. The van der Waals surface area contributed by atoms with Gasteiger partial charge < -0.3 is 15.0 Å². The lowest BCUT2D eigenvalue weighted by atomic mass is 10.4. The Balaban J connectivity index is 1.79. The summed E-state index contributed by atoms with van der Waals surface area (Å²) in [4.78, 5) is 6.61. The molecule has 0 aromatic heterocycles. The van der Waals surface area contributed by atoms with Crippen molar-refractivity contribution in [3.8, 4) is 0 Å². The fourth-order valence-corrected chi connectivity index (χ4v) is 3.69. The smallest absolute Gasteiger partial charge is 0.240 e. The summed E-state index contributed by atoms with van der Waals surface area (Å²) >= 11 is 5.86. The van der Waals surface area contributed by atoms with E-state index in [-0.39, 0.29) is 11.4 Å². The molecule has 1 aromatic carbocycles. The average molecular weight is 417 g/mol. The number of likely N-dealkylation sites (N-methyl/N-ethyl adjacent to an activating group) is 1. The second kappa shape index (κ2) is 10.8. The van der Waals surface area contributed by atoms with Gasteiger partial charge in [-0.05, 0) is 43.9 Å². The number of aliphatic imine (C=N–C) groups is 1. The van der Waals surface area contributed by atoms with Crippen LogP contribution in [0.3, 0.4) is 0 Å². The summed E-state index contributed by atoms with van der Waals surface area (Å²) in [5, 5.41) is 3.59. The molecule has 2 N–H and O–H groups in total. The zero-order valence-electron chi connectivity index (χ0n) is 15.9. The van der Waals surface area contributed by atoms with Gasteiger partial charge in [0, 0.05) is 38.3 Å². The zero-order valence-corrected chi connectivity index (χ0v) is 17.5. The van der Waals surface area contributed by atoms with Gasteiger partial charge in [0.2, 0.25) is 10.0 Å². The molecule has 0 radical (unpaired) electrons. The van der Waals surface area contributed by atoms with Gasteiger partial charge in [-0.3, -0.25) is 4.99 Å².